The molecule has 0 radical (unpaired) electrons. The van der Waals surface area contributed by atoms with Gasteiger partial charge in [-0.2, -0.15) is 0 Å². The van der Waals surface area contributed by atoms with Gasteiger partial charge in [0.05, 0.1) is 5.41 Å². The number of benzene rings is 10. The summed E-state index contributed by atoms with van der Waals surface area (Å²) in [6, 6.07) is 91.4. The summed E-state index contributed by atoms with van der Waals surface area (Å²) >= 11 is 0. The van der Waals surface area contributed by atoms with Crippen molar-refractivity contribution in [3.05, 3.63) is 271 Å². The van der Waals surface area contributed by atoms with Gasteiger partial charge < -0.3 is 4.90 Å². The largest absolute Gasteiger partial charge is 0.310 e. The van der Waals surface area contributed by atoms with Crippen molar-refractivity contribution in [1.82, 2.24) is 0 Å². The third-order valence-electron chi connectivity index (χ3n) is 13.1. The number of nitrogens with zero attached hydrogens (tertiary/aromatic N) is 1. The number of rotatable bonds is 7. The average Bonchev–Trinajstić information content (AvgIpc) is 3.82. The lowest BCUT2D eigenvalue weighted by molar-refractivity contribution is 0.793. The van der Waals surface area contributed by atoms with E-state index >= 15 is 0 Å². The summed E-state index contributed by atoms with van der Waals surface area (Å²) < 4.78 is 0. The first kappa shape index (κ1) is 35.9. The quantitative estimate of drug-likeness (QED) is 0.155. The van der Waals surface area contributed by atoms with Crippen molar-refractivity contribution >= 4 is 17.1 Å². The number of hydrogen-bond acceptors (Lipinski definition) is 1. The molecular formula is C61H41N. The van der Waals surface area contributed by atoms with Crippen LogP contribution in [0.2, 0.25) is 0 Å². The molecule has 290 valence electrons. The topological polar surface area (TPSA) is 3.24 Å². The molecule has 10 aromatic rings. The first-order chi connectivity index (χ1) is 30.8. The minimum atomic E-state index is -0.432. The number of para-hydroxylation sites is 1. The van der Waals surface area contributed by atoms with Crippen molar-refractivity contribution in [1.29, 1.82) is 0 Å². The van der Waals surface area contributed by atoms with E-state index in [1.54, 1.807) is 0 Å². The Labute approximate surface area is 363 Å². The highest BCUT2D eigenvalue weighted by molar-refractivity contribution is 6.01. The Kier molecular flexibility index (Phi) is 8.47. The van der Waals surface area contributed by atoms with Crippen LogP contribution in [0.15, 0.2) is 249 Å². The molecule has 10 aromatic carbocycles. The summed E-state index contributed by atoms with van der Waals surface area (Å²) in [6.45, 7) is 0. The molecule has 0 atom stereocenters. The van der Waals surface area contributed by atoms with Crippen LogP contribution in [0.25, 0.3) is 66.8 Å². The van der Waals surface area contributed by atoms with Gasteiger partial charge >= 0.3 is 0 Å². The predicted octanol–water partition coefficient (Wildman–Crippen LogP) is 16.2. The van der Waals surface area contributed by atoms with Crippen LogP contribution in [-0.2, 0) is 5.41 Å². The second-order valence-electron chi connectivity index (χ2n) is 16.3. The molecule has 0 heterocycles. The molecule has 1 heteroatoms. The zero-order valence-electron chi connectivity index (χ0n) is 34.1. The Balaban J connectivity index is 1.07. The normalized spacial score (nSPS) is 12.6. The molecule has 0 unspecified atom stereocenters. The Morgan fingerprint density at radius 2 is 0.613 bits per heavy atom. The van der Waals surface area contributed by atoms with E-state index in [0.717, 1.165) is 22.6 Å². The van der Waals surface area contributed by atoms with E-state index in [9.17, 15) is 0 Å². The lowest BCUT2D eigenvalue weighted by atomic mass is 9.70. The SMILES string of the molecule is c1ccc(-c2ccccc2-c2c(-c3ccccc3)cccc2-c2cccc(N(c3ccccc3)c3ccc4c(c3)C3(c5ccccc5-c5ccccc53)c3ccccc3-4)c2)cc1. The summed E-state index contributed by atoms with van der Waals surface area (Å²) in [5.74, 6) is 0. The van der Waals surface area contributed by atoms with Crippen molar-refractivity contribution in [2.75, 3.05) is 4.90 Å². The molecule has 0 amide bonds. The van der Waals surface area contributed by atoms with Crippen LogP contribution in [0.1, 0.15) is 22.3 Å². The second kappa shape index (κ2) is 14.6. The van der Waals surface area contributed by atoms with E-state index in [1.165, 1.54) is 83.5 Å². The van der Waals surface area contributed by atoms with Crippen LogP contribution in [0, 0.1) is 0 Å². The van der Waals surface area contributed by atoms with Crippen LogP contribution >= 0.6 is 0 Å². The number of anilines is 3. The highest BCUT2D eigenvalue weighted by atomic mass is 15.1. The molecule has 0 N–H and O–H groups in total. The highest BCUT2D eigenvalue weighted by Crippen LogP contribution is 2.63. The molecule has 2 aliphatic carbocycles. The van der Waals surface area contributed by atoms with Crippen molar-refractivity contribution in [3.63, 3.8) is 0 Å². The Hall–Kier alpha value is -8.00. The molecule has 1 nitrogen and oxygen atoms in total. The van der Waals surface area contributed by atoms with Gasteiger partial charge in [0.2, 0.25) is 0 Å². The van der Waals surface area contributed by atoms with Gasteiger partial charge in [0.1, 0.15) is 0 Å². The Bertz CT molecular complexity index is 3230. The lowest BCUT2D eigenvalue weighted by Gasteiger charge is -2.32. The average molecular weight is 788 g/mol. The van der Waals surface area contributed by atoms with E-state index in [4.69, 9.17) is 0 Å². The van der Waals surface area contributed by atoms with E-state index in [1.807, 2.05) is 0 Å². The first-order valence-corrected chi connectivity index (χ1v) is 21.5. The Morgan fingerprint density at radius 3 is 1.21 bits per heavy atom. The van der Waals surface area contributed by atoms with Gasteiger partial charge in [-0.1, -0.05) is 212 Å². The van der Waals surface area contributed by atoms with E-state index in [-0.39, 0.29) is 0 Å². The van der Waals surface area contributed by atoms with Gasteiger partial charge in [-0.25, -0.2) is 0 Å². The van der Waals surface area contributed by atoms with Crippen LogP contribution < -0.4 is 4.90 Å². The molecule has 2 aliphatic rings. The standard InChI is InChI=1S/C61H41N/c1-4-20-42(21-5-1)48-28-10-11-32-55(48)60-49(43-22-6-2-7-23-43)33-19-34-50(60)44-24-18-27-46(40-44)62(45-25-8-3-9-26-45)47-38-39-54-53-31-14-17-37-58(53)61(59(54)41-47)56-35-15-12-29-51(56)52-30-13-16-36-57(52)61/h1-41H. The van der Waals surface area contributed by atoms with Crippen molar-refractivity contribution in [2.24, 2.45) is 0 Å². The molecule has 0 saturated carbocycles. The Morgan fingerprint density at radius 1 is 0.226 bits per heavy atom. The van der Waals surface area contributed by atoms with Gasteiger partial charge in [0.25, 0.3) is 0 Å². The first-order valence-electron chi connectivity index (χ1n) is 21.5. The van der Waals surface area contributed by atoms with Gasteiger partial charge in [-0.15, -0.1) is 0 Å². The summed E-state index contributed by atoms with van der Waals surface area (Å²) in [5, 5.41) is 0. The fraction of sp³-hybridized carbons (Fsp3) is 0.0164. The van der Waals surface area contributed by atoms with E-state index < -0.39 is 5.41 Å². The third-order valence-corrected chi connectivity index (χ3v) is 13.1. The fourth-order valence-electron chi connectivity index (χ4n) is 10.6. The second-order valence-corrected chi connectivity index (χ2v) is 16.3. The summed E-state index contributed by atoms with van der Waals surface area (Å²) in [4.78, 5) is 2.44. The van der Waals surface area contributed by atoms with Crippen LogP contribution in [0.5, 0.6) is 0 Å². The van der Waals surface area contributed by atoms with Crippen molar-refractivity contribution in [2.45, 2.75) is 5.41 Å². The van der Waals surface area contributed by atoms with Gasteiger partial charge in [-0.05, 0) is 125 Å². The minimum Gasteiger partial charge on any atom is -0.310 e. The highest BCUT2D eigenvalue weighted by Gasteiger charge is 2.51. The number of hydrogen-bond donors (Lipinski definition) is 0. The van der Waals surface area contributed by atoms with E-state index in [0.29, 0.717) is 0 Å². The molecule has 62 heavy (non-hydrogen) atoms. The third kappa shape index (κ3) is 5.49. The molecule has 0 bridgehead atoms. The van der Waals surface area contributed by atoms with Crippen LogP contribution in [0.4, 0.5) is 17.1 Å². The van der Waals surface area contributed by atoms with Gasteiger partial charge in [-0.3, -0.25) is 0 Å². The van der Waals surface area contributed by atoms with Crippen molar-refractivity contribution in [3.8, 4) is 66.8 Å². The zero-order valence-corrected chi connectivity index (χ0v) is 34.1. The minimum absolute atomic E-state index is 0.432. The maximum Gasteiger partial charge on any atom is 0.0726 e. The van der Waals surface area contributed by atoms with E-state index in [2.05, 4.69) is 254 Å². The number of fused-ring (bicyclic) bond motifs is 10. The van der Waals surface area contributed by atoms with Gasteiger partial charge in [0, 0.05) is 17.1 Å². The predicted molar refractivity (Wildman–Crippen MR) is 259 cm³/mol. The monoisotopic (exact) mass is 787 g/mol. The molecule has 12 rings (SSSR count). The van der Waals surface area contributed by atoms with Crippen LogP contribution in [-0.4, -0.2) is 0 Å². The van der Waals surface area contributed by atoms with Crippen LogP contribution in [0.3, 0.4) is 0 Å². The molecule has 0 saturated heterocycles. The summed E-state index contributed by atoms with van der Waals surface area (Å²) in [6.07, 6.45) is 0. The van der Waals surface area contributed by atoms with Gasteiger partial charge in [0.15, 0.2) is 0 Å². The molecule has 0 fully saturated rings. The smallest absolute Gasteiger partial charge is 0.0726 e. The molecule has 1 spiro atoms. The van der Waals surface area contributed by atoms with Crippen molar-refractivity contribution < 1.29 is 0 Å². The maximum atomic E-state index is 2.48. The summed E-state index contributed by atoms with van der Waals surface area (Å²) in [5.41, 5.74) is 23.0. The lowest BCUT2D eigenvalue weighted by Crippen LogP contribution is -2.26. The molecular weight excluding hydrogens is 747 g/mol. The fourth-order valence-corrected chi connectivity index (χ4v) is 10.6. The maximum absolute atomic E-state index is 2.48. The molecule has 0 aromatic heterocycles. The molecule has 0 aliphatic heterocycles. The summed E-state index contributed by atoms with van der Waals surface area (Å²) in [7, 11) is 0. The zero-order chi connectivity index (χ0) is 41.0.